The lowest BCUT2D eigenvalue weighted by atomic mass is 10.2. The smallest absolute Gasteiger partial charge is 0.264 e. The van der Waals surface area contributed by atoms with Gasteiger partial charge in [0.25, 0.3) is 5.91 Å². The molecule has 0 saturated heterocycles. The van der Waals surface area contributed by atoms with E-state index in [0.717, 1.165) is 10.6 Å². The summed E-state index contributed by atoms with van der Waals surface area (Å²) in [5.74, 6) is -1.19. The number of fused-ring (bicyclic) bond motifs is 1. The Balaban J connectivity index is 1.55. The third kappa shape index (κ3) is 4.46. The number of carbonyl (C=O) groups excluding carboxylic acids is 1. The number of hydrogen-bond acceptors (Lipinski definition) is 5. The number of rotatable bonds is 7. The van der Waals surface area contributed by atoms with E-state index in [2.05, 4.69) is 9.82 Å². The molecule has 0 radical (unpaired) electrons. The van der Waals surface area contributed by atoms with E-state index >= 15 is 4.39 Å². The van der Waals surface area contributed by atoms with Crippen molar-refractivity contribution in [3.8, 4) is 5.69 Å². The van der Waals surface area contributed by atoms with Crippen molar-refractivity contribution in [1.82, 2.24) is 19.1 Å². The van der Waals surface area contributed by atoms with Crippen molar-refractivity contribution in [3.63, 3.8) is 0 Å². The van der Waals surface area contributed by atoms with Crippen molar-refractivity contribution in [3.05, 3.63) is 70.9 Å². The van der Waals surface area contributed by atoms with Gasteiger partial charge in [0.1, 0.15) is 0 Å². The molecule has 1 amide bonds. The van der Waals surface area contributed by atoms with Crippen LogP contribution in [0.25, 0.3) is 16.6 Å². The van der Waals surface area contributed by atoms with E-state index in [0.29, 0.717) is 40.9 Å². The van der Waals surface area contributed by atoms with Crippen LogP contribution >= 0.6 is 23.4 Å². The second-order valence-electron chi connectivity index (χ2n) is 8.37. The average Bonchev–Trinajstić information content (AvgIpc) is 3.54. The first-order chi connectivity index (χ1) is 16.7. The van der Waals surface area contributed by atoms with Crippen LogP contribution in [0.15, 0.2) is 58.6 Å². The minimum absolute atomic E-state index is 0.0197. The third-order valence-electron chi connectivity index (χ3n) is 5.92. The Hall–Kier alpha value is -2.82. The Morgan fingerprint density at radius 3 is 2.74 bits per heavy atom. The van der Waals surface area contributed by atoms with Gasteiger partial charge in [0, 0.05) is 39.2 Å². The summed E-state index contributed by atoms with van der Waals surface area (Å²) >= 11 is 7.49. The number of aromatic nitrogens is 3. The Morgan fingerprint density at radius 1 is 1.29 bits per heavy atom. The zero-order valence-electron chi connectivity index (χ0n) is 19.0. The van der Waals surface area contributed by atoms with Crippen LogP contribution in [0.4, 0.5) is 4.39 Å². The summed E-state index contributed by atoms with van der Waals surface area (Å²) in [5.41, 5.74) is 2.07. The zero-order valence-corrected chi connectivity index (χ0v) is 21.3. The maximum Gasteiger partial charge on any atom is 0.264 e. The Morgan fingerprint density at radius 2 is 2.06 bits per heavy atom. The SMILES string of the molecule is CCn1cc(-n2c(C)c(Sc3cccc(C(=O)NS(=O)(=O)C4CC4)c3)c3ccc(Cl)c(F)c32)cn1. The van der Waals surface area contributed by atoms with Crippen LogP contribution in [0.2, 0.25) is 5.02 Å². The minimum Gasteiger partial charge on any atom is -0.307 e. The maximum absolute atomic E-state index is 15.3. The van der Waals surface area contributed by atoms with E-state index in [-0.39, 0.29) is 10.6 Å². The molecule has 11 heteroatoms. The molecule has 0 aliphatic heterocycles. The molecule has 7 nitrogen and oxygen atoms in total. The van der Waals surface area contributed by atoms with Crippen LogP contribution < -0.4 is 4.72 Å². The van der Waals surface area contributed by atoms with E-state index in [9.17, 15) is 13.2 Å². The molecule has 2 aromatic heterocycles. The van der Waals surface area contributed by atoms with Crippen molar-refractivity contribution in [1.29, 1.82) is 0 Å². The van der Waals surface area contributed by atoms with Gasteiger partial charge < -0.3 is 4.57 Å². The molecule has 2 aromatic carbocycles. The van der Waals surface area contributed by atoms with Gasteiger partial charge in [0.05, 0.1) is 27.7 Å². The van der Waals surface area contributed by atoms with E-state index in [1.165, 1.54) is 17.8 Å². The third-order valence-corrected chi connectivity index (χ3v) is 9.24. The molecule has 182 valence electrons. The van der Waals surface area contributed by atoms with Crippen molar-refractivity contribution in [2.75, 3.05) is 0 Å². The highest BCUT2D eigenvalue weighted by molar-refractivity contribution is 7.99. The molecular weight excluding hydrogens is 511 g/mol. The minimum atomic E-state index is -3.65. The summed E-state index contributed by atoms with van der Waals surface area (Å²) in [7, 11) is -3.65. The van der Waals surface area contributed by atoms with Gasteiger partial charge in [-0.15, -0.1) is 0 Å². The molecule has 0 atom stereocenters. The monoisotopic (exact) mass is 532 g/mol. The molecule has 0 unspecified atom stereocenters. The molecule has 0 spiro atoms. The number of sulfonamides is 1. The second kappa shape index (κ2) is 9.00. The molecule has 1 aliphatic rings. The molecule has 0 bridgehead atoms. The van der Waals surface area contributed by atoms with Crippen molar-refractivity contribution in [2.45, 2.75) is 48.3 Å². The number of nitrogens with one attached hydrogen (secondary N) is 1. The lowest BCUT2D eigenvalue weighted by Gasteiger charge is -2.08. The van der Waals surface area contributed by atoms with Crippen LogP contribution in [0, 0.1) is 12.7 Å². The Bertz CT molecular complexity index is 1580. The summed E-state index contributed by atoms with van der Waals surface area (Å²) in [6, 6.07) is 10.0. The van der Waals surface area contributed by atoms with E-state index in [1.54, 1.807) is 39.7 Å². The second-order valence-corrected chi connectivity index (χ2v) is 11.8. The fourth-order valence-electron chi connectivity index (χ4n) is 3.97. The quantitative estimate of drug-likeness (QED) is 0.348. The van der Waals surface area contributed by atoms with Gasteiger partial charge in [-0.3, -0.25) is 9.48 Å². The van der Waals surface area contributed by atoms with Crippen LogP contribution in [0.3, 0.4) is 0 Å². The highest BCUT2D eigenvalue weighted by Crippen LogP contribution is 2.42. The summed E-state index contributed by atoms with van der Waals surface area (Å²) in [5, 5.41) is 4.52. The average molecular weight is 533 g/mol. The van der Waals surface area contributed by atoms with Gasteiger partial charge in [-0.2, -0.15) is 5.10 Å². The van der Waals surface area contributed by atoms with Crippen molar-refractivity contribution < 1.29 is 17.6 Å². The summed E-state index contributed by atoms with van der Waals surface area (Å²) in [6.07, 6.45) is 4.65. The zero-order chi connectivity index (χ0) is 24.9. The van der Waals surface area contributed by atoms with Gasteiger partial charge in [0.15, 0.2) is 5.82 Å². The largest absolute Gasteiger partial charge is 0.307 e. The molecule has 5 rings (SSSR count). The lowest BCUT2D eigenvalue weighted by Crippen LogP contribution is -2.33. The van der Waals surface area contributed by atoms with Crippen molar-refractivity contribution >= 4 is 50.2 Å². The summed E-state index contributed by atoms with van der Waals surface area (Å²) in [4.78, 5) is 14.1. The highest BCUT2D eigenvalue weighted by Gasteiger charge is 2.37. The van der Waals surface area contributed by atoms with Crippen LogP contribution in [-0.4, -0.2) is 33.9 Å². The first kappa shape index (κ1) is 23.9. The van der Waals surface area contributed by atoms with Gasteiger partial charge in [-0.05, 0) is 57.0 Å². The number of aryl methyl sites for hydroxylation is 1. The number of amides is 1. The van der Waals surface area contributed by atoms with Gasteiger partial charge in [0.2, 0.25) is 10.0 Å². The molecule has 1 aliphatic carbocycles. The molecule has 1 fully saturated rings. The fourth-order valence-corrected chi connectivity index (χ4v) is 6.50. The van der Waals surface area contributed by atoms with Gasteiger partial charge in [-0.1, -0.05) is 29.4 Å². The highest BCUT2D eigenvalue weighted by atomic mass is 35.5. The number of hydrogen-bond donors (Lipinski definition) is 1. The standard InChI is InChI=1S/C24H22ClFN4O3S2/c1-3-29-13-16(12-27-29)30-14(2)23(19-9-10-20(25)21(26)22(19)30)34-17-6-4-5-15(11-17)24(31)28-35(32,33)18-7-8-18/h4-6,9-13,18H,3,7-8H2,1-2H3,(H,28,31). The van der Waals surface area contributed by atoms with Gasteiger partial charge >= 0.3 is 0 Å². The Labute approximate surface area is 211 Å². The fraction of sp³-hybridized carbons (Fsp3) is 0.250. The number of halogens is 2. The topological polar surface area (TPSA) is 86.0 Å². The van der Waals surface area contributed by atoms with E-state index in [1.807, 2.05) is 26.1 Å². The number of benzene rings is 2. The normalized spacial score (nSPS) is 13.9. The first-order valence-corrected chi connectivity index (χ1v) is 13.8. The molecule has 2 heterocycles. The molecule has 4 aromatic rings. The van der Waals surface area contributed by atoms with Crippen LogP contribution in [-0.2, 0) is 16.6 Å². The molecule has 35 heavy (non-hydrogen) atoms. The predicted molar refractivity (Wildman–Crippen MR) is 134 cm³/mol. The van der Waals surface area contributed by atoms with E-state index < -0.39 is 27.0 Å². The molecule has 1 N–H and O–H groups in total. The van der Waals surface area contributed by atoms with Crippen LogP contribution in [0.1, 0.15) is 35.8 Å². The Kier molecular flexibility index (Phi) is 6.14. The van der Waals surface area contributed by atoms with Crippen molar-refractivity contribution in [2.24, 2.45) is 0 Å². The van der Waals surface area contributed by atoms with Gasteiger partial charge in [-0.25, -0.2) is 17.5 Å². The summed E-state index contributed by atoms with van der Waals surface area (Å²) < 4.78 is 45.3. The van der Waals surface area contributed by atoms with Crippen LogP contribution in [0.5, 0.6) is 0 Å². The molecule has 1 saturated carbocycles. The molecular formula is C24H22ClFN4O3S2. The maximum atomic E-state index is 15.3. The lowest BCUT2D eigenvalue weighted by molar-refractivity contribution is 0.0981. The predicted octanol–water partition coefficient (Wildman–Crippen LogP) is 5.32. The van der Waals surface area contributed by atoms with E-state index in [4.69, 9.17) is 11.6 Å². The first-order valence-electron chi connectivity index (χ1n) is 11.0. The number of carbonyl (C=O) groups is 1. The number of nitrogens with zero attached hydrogens (tertiary/aromatic N) is 3. The summed E-state index contributed by atoms with van der Waals surface area (Å²) in [6.45, 7) is 4.53.